The van der Waals surface area contributed by atoms with Crippen LogP contribution in [0.3, 0.4) is 0 Å². The van der Waals surface area contributed by atoms with Crippen molar-refractivity contribution in [2.75, 3.05) is 32.1 Å². The second-order valence-corrected chi connectivity index (χ2v) is 9.03. The van der Waals surface area contributed by atoms with Gasteiger partial charge in [0.15, 0.2) is 5.96 Å². The summed E-state index contributed by atoms with van der Waals surface area (Å²) in [6.45, 7) is 5.35. The lowest BCUT2D eigenvalue weighted by Crippen LogP contribution is -2.43. The van der Waals surface area contributed by atoms with Gasteiger partial charge in [-0.25, -0.2) is 12.8 Å². The zero-order valence-electron chi connectivity index (χ0n) is 14.9. The van der Waals surface area contributed by atoms with Crippen LogP contribution in [0.5, 0.6) is 0 Å². The fraction of sp³-hybridized carbons (Fsp3) is 0.588. The van der Waals surface area contributed by atoms with Crippen molar-refractivity contribution < 1.29 is 12.8 Å². The molecule has 5 nitrogen and oxygen atoms in total. The Morgan fingerprint density at radius 3 is 2.38 bits per heavy atom. The average Bonchev–Trinajstić information content (AvgIpc) is 2.50. The Kier molecular flexibility index (Phi) is 7.66. The zero-order chi connectivity index (χ0) is 18.2. The number of guanidine groups is 1. The third-order valence-electron chi connectivity index (χ3n) is 3.73. The van der Waals surface area contributed by atoms with Crippen molar-refractivity contribution in [3.8, 4) is 0 Å². The van der Waals surface area contributed by atoms with Crippen LogP contribution in [-0.2, 0) is 16.3 Å². The molecule has 136 valence electrons. The second-order valence-electron chi connectivity index (χ2n) is 6.77. The molecule has 2 N–H and O–H groups in total. The van der Waals surface area contributed by atoms with Gasteiger partial charge in [0.25, 0.3) is 0 Å². The summed E-state index contributed by atoms with van der Waals surface area (Å²) in [5.74, 6) is 0.614. The molecule has 0 unspecified atom stereocenters. The summed E-state index contributed by atoms with van der Waals surface area (Å²) >= 11 is 0. The van der Waals surface area contributed by atoms with E-state index < -0.39 is 9.84 Å². The van der Waals surface area contributed by atoms with Crippen molar-refractivity contribution in [1.29, 1.82) is 0 Å². The summed E-state index contributed by atoms with van der Waals surface area (Å²) in [4.78, 5) is 4.16. The molecular formula is C17H28FN3O2S. The number of aliphatic imine (C=N–C) groups is 1. The summed E-state index contributed by atoms with van der Waals surface area (Å²) in [6, 6.07) is 6.43. The molecule has 0 aliphatic carbocycles. The quantitative estimate of drug-likeness (QED) is 0.551. The highest BCUT2D eigenvalue weighted by molar-refractivity contribution is 7.90. The molecule has 0 aliphatic heterocycles. The van der Waals surface area contributed by atoms with Gasteiger partial charge in [0.1, 0.15) is 15.7 Å². The number of nitrogens with zero attached hydrogens (tertiary/aromatic N) is 1. The molecule has 0 bridgehead atoms. The van der Waals surface area contributed by atoms with Crippen LogP contribution in [0, 0.1) is 11.2 Å². The van der Waals surface area contributed by atoms with Crippen molar-refractivity contribution >= 4 is 15.8 Å². The Morgan fingerprint density at radius 1 is 1.21 bits per heavy atom. The number of rotatable bonds is 8. The SMILES string of the molecule is CN=C(NCCc1ccc(F)cc1)NCC(C)(C)CCS(C)(=O)=O. The third-order valence-corrected chi connectivity index (χ3v) is 4.67. The molecule has 0 saturated carbocycles. The van der Waals surface area contributed by atoms with Crippen LogP contribution in [0.15, 0.2) is 29.3 Å². The highest BCUT2D eigenvalue weighted by atomic mass is 32.2. The number of nitrogens with one attached hydrogen (secondary N) is 2. The lowest BCUT2D eigenvalue weighted by Gasteiger charge is -2.25. The van der Waals surface area contributed by atoms with Crippen molar-refractivity contribution in [2.45, 2.75) is 26.7 Å². The molecule has 1 rings (SSSR count). The predicted molar refractivity (Wildman–Crippen MR) is 97.6 cm³/mol. The summed E-state index contributed by atoms with van der Waals surface area (Å²) in [7, 11) is -1.26. The van der Waals surface area contributed by atoms with Gasteiger partial charge in [0, 0.05) is 26.4 Å². The fourth-order valence-electron chi connectivity index (χ4n) is 2.07. The minimum atomic E-state index is -2.95. The Balaban J connectivity index is 2.37. The van der Waals surface area contributed by atoms with Crippen LogP contribution >= 0.6 is 0 Å². The maximum absolute atomic E-state index is 12.9. The van der Waals surface area contributed by atoms with Gasteiger partial charge < -0.3 is 10.6 Å². The van der Waals surface area contributed by atoms with Gasteiger partial charge in [-0.1, -0.05) is 26.0 Å². The smallest absolute Gasteiger partial charge is 0.191 e. The van der Waals surface area contributed by atoms with Gasteiger partial charge >= 0.3 is 0 Å². The Labute approximate surface area is 144 Å². The van der Waals surface area contributed by atoms with Gasteiger partial charge in [0.2, 0.25) is 0 Å². The van der Waals surface area contributed by atoms with Gasteiger partial charge in [-0.15, -0.1) is 0 Å². The fourth-order valence-corrected chi connectivity index (χ4v) is 2.99. The molecule has 1 aromatic rings. The van der Waals surface area contributed by atoms with Gasteiger partial charge in [-0.2, -0.15) is 0 Å². The number of hydrogen-bond acceptors (Lipinski definition) is 3. The highest BCUT2D eigenvalue weighted by Crippen LogP contribution is 2.19. The van der Waals surface area contributed by atoms with E-state index in [-0.39, 0.29) is 17.0 Å². The maximum atomic E-state index is 12.9. The molecule has 24 heavy (non-hydrogen) atoms. The normalized spacial score (nSPS) is 13.0. The summed E-state index contributed by atoms with van der Waals surface area (Å²) < 4.78 is 35.4. The highest BCUT2D eigenvalue weighted by Gasteiger charge is 2.20. The van der Waals surface area contributed by atoms with E-state index in [9.17, 15) is 12.8 Å². The molecule has 0 atom stereocenters. The van der Waals surface area contributed by atoms with Gasteiger partial charge in [0.05, 0.1) is 5.75 Å². The third kappa shape index (κ3) is 8.86. The second kappa shape index (κ2) is 9.01. The van der Waals surface area contributed by atoms with E-state index in [0.29, 0.717) is 25.5 Å². The number of hydrogen-bond donors (Lipinski definition) is 2. The van der Waals surface area contributed by atoms with Crippen LogP contribution in [0.4, 0.5) is 4.39 Å². The van der Waals surface area contributed by atoms with Crippen molar-refractivity contribution in [3.05, 3.63) is 35.6 Å². The standard InChI is InChI=1S/C17H28FN3O2S/c1-17(2,10-12-24(4,22)23)13-21-16(19-3)20-11-9-14-5-7-15(18)8-6-14/h5-8H,9-13H2,1-4H3,(H2,19,20,21). The van der Waals surface area contributed by atoms with Crippen LogP contribution in [-0.4, -0.2) is 46.5 Å². The Hall–Kier alpha value is -1.63. The first-order valence-electron chi connectivity index (χ1n) is 7.98. The van der Waals surface area contributed by atoms with Crippen LogP contribution in [0.2, 0.25) is 0 Å². The average molecular weight is 357 g/mol. The minimum Gasteiger partial charge on any atom is -0.356 e. The molecule has 0 saturated heterocycles. The van der Waals surface area contributed by atoms with E-state index in [1.807, 2.05) is 13.8 Å². The molecule has 7 heteroatoms. The van der Waals surface area contributed by atoms with Gasteiger partial charge in [-0.3, -0.25) is 4.99 Å². The molecule has 0 aromatic heterocycles. The van der Waals surface area contributed by atoms with E-state index in [1.54, 1.807) is 19.2 Å². The molecule has 0 aliphatic rings. The maximum Gasteiger partial charge on any atom is 0.191 e. The number of benzene rings is 1. The van der Waals surface area contributed by atoms with Crippen LogP contribution in [0.1, 0.15) is 25.8 Å². The van der Waals surface area contributed by atoms with E-state index in [4.69, 9.17) is 0 Å². The summed E-state index contributed by atoms with van der Waals surface area (Å²) in [6.07, 6.45) is 2.61. The molecule has 0 spiro atoms. The minimum absolute atomic E-state index is 0.155. The first-order chi connectivity index (χ1) is 11.1. The molecule has 0 radical (unpaired) electrons. The van der Waals surface area contributed by atoms with E-state index in [1.165, 1.54) is 18.4 Å². The van der Waals surface area contributed by atoms with Crippen LogP contribution in [0.25, 0.3) is 0 Å². The van der Waals surface area contributed by atoms with E-state index >= 15 is 0 Å². The zero-order valence-corrected chi connectivity index (χ0v) is 15.7. The molecular weight excluding hydrogens is 329 g/mol. The molecule has 0 heterocycles. The van der Waals surface area contributed by atoms with Crippen LogP contribution < -0.4 is 10.6 Å². The van der Waals surface area contributed by atoms with Crippen molar-refractivity contribution in [3.63, 3.8) is 0 Å². The molecule has 1 aromatic carbocycles. The van der Waals surface area contributed by atoms with E-state index in [2.05, 4.69) is 15.6 Å². The van der Waals surface area contributed by atoms with Crippen molar-refractivity contribution in [2.24, 2.45) is 10.4 Å². The topological polar surface area (TPSA) is 70.6 Å². The number of sulfone groups is 1. The summed E-state index contributed by atoms with van der Waals surface area (Å²) in [5.41, 5.74) is 0.894. The first kappa shape index (κ1) is 20.4. The number of halogens is 1. The predicted octanol–water partition coefficient (Wildman–Crippen LogP) is 1.99. The largest absolute Gasteiger partial charge is 0.356 e. The lowest BCUT2D eigenvalue weighted by molar-refractivity contribution is 0.348. The molecule has 0 amide bonds. The monoisotopic (exact) mass is 357 g/mol. The lowest BCUT2D eigenvalue weighted by atomic mass is 9.90. The van der Waals surface area contributed by atoms with Gasteiger partial charge in [-0.05, 0) is 36.0 Å². The first-order valence-corrected chi connectivity index (χ1v) is 10.0. The van der Waals surface area contributed by atoms with Crippen molar-refractivity contribution in [1.82, 2.24) is 10.6 Å². The summed E-state index contributed by atoms with van der Waals surface area (Å²) in [5, 5.41) is 6.43. The Bertz CT molecular complexity index is 640. The Morgan fingerprint density at radius 2 is 1.83 bits per heavy atom. The molecule has 0 fully saturated rings. The van der Waals surface area contributed by atoms with E-state index in [0.717, 1.165) is 12.0 Å².